The average Bonchev–Trinajstić information content (AvgIpc) is 3.34. The van der Waals surface area contributed by atoms with Crippen molar-refractivity contribution in [3.05, 3.63) is 69.1 Å². The van der Waals surface area contributed by atoms with E-state index in [1.807, 2.05) is 28.7 Å². The fraction of sp³-hybridized carbons (Fsp3) is 0.375. The van der Waals surface area contributed by atoms with Gasteiger partial charge in [-0.25, -0.2) is 4.68 Å². The van der Waals surface area contributed by atoms with E-state index in [-0.39, 0.29) is 11.5 Å². The molecular weight excluding hydrogens is 408 g/mol. The van der Waals surface area contributed by atoms with Gasteiger partial charge >= 0.3 is 0 Å². The van der Waals surface area contributed by atoms with Gasteiger partial charge in [-0.05, 0) is 37.0 Å². The lowest BCUT2D eigenvalue weighted by Gasteiger charge is -2.10. The van der Waals surface area contributed by atoms with Crippen LogP contribution in [-0.2, 0) is 30.6 Å². The van der Waals surface area contributed by atoms with Gasteiger partial charge in [0.15, 0.2) is 0 Å². The van der Waals surface area contributed by atoms with Gasteiger partial charge in [0.05, 0.1) is 10.2 Å². The highest BCUT2D eigenvalue weighted by atomic mass is 32.1. The van der Waals surface area contributed by atoms with Crippen molar-refractivity contribution in [3.8, 4) is 0 Å². The van der Waals surface area contributed by atoms with E-state index in [0.717, 1.165) is 35.3 Å². The molecule has 0 bridgehead atoms. The van der Waals surface area contributed by atoms with Gasteiger partial charge in [-0.1, -0.05) is 44.2 Å². The third-order valence-electron chi connectivity index (χ3n) is 5.51. The summed E-state index contributed by atoms with van der Waals surface area (Å²) in [5.41, 5.74) is 2.85. The quantitative estimate of drug-likeness (QED) is 0.432. The lowest BCUT2D eigenvalue weighted by Crippen LogP contribution is -2.29. The maximum atomic E-state index is 13.0. The fourth-order valence-electron chi connectivity index (χ4n) is 3.86. The molecule has 3 aromatic heterocycles. The lowest BCUT2D eigenvalue weighted by molar-refractivity contribution is -0.121. The molecule has 4 aromatic rings. The lowest BCUT2D eigenvalue weighted by atomic mass is 10.1. The molecule has 1 N–H and O–H groups in total. The Bertz CT molecular complexity index is 1250. The summed E-state index contributed by atoms with van der Waals surface area (Å²) < 4.78 is 4.65. The van der Waals surface area contributed by atoms with Crippen molar-refractivity contribution in [2.75, 3.05) is 6.54 Å². The zero-order valence-electron chi connectivity index (χ0n) is 18.1. The Morgan fingerprint density at radius 2 is 1.90 bits per heavy atom. The second-order valence-electron chi connectivity index (χ2n) is 7.67. The minimum Gasteiger partial charge on any atom is -0.356 e. The number of nitrogens with zero attached hydrogens (tertiary/aromatic N) is 3. The van der Waals surface area contributed by atoms with Crippen LogP contribution in [-0.4, -0.2) is 26.6 Å². The van der Waals surface area contributed by atoms with Crippen LogP contribution in [0.2, 0.25) is 0 Å². The molecule has 0 aliphatic rings. The summed E-state index contributed by atoms with van der Waals surface area (Å²) in [5, 5.41) is 7.57. The molecule has 162 valence electrons. The van der Waals surface area contributed by atoms with Crippen LogP contribution in [0.25, 0.3) is 15.7 Å². The first-order valence-corrected chi connectivity index (χ1v) is 11.8. The second-order valence-corrected chi connectivity index (χ2v) is 8.84. The van der Waals surface area contributed by atoms with E-state index < -0.39 is 0 Å². The number of amides is 1. The fourth-order valence-corrected chi connectivity index (χ4v) is 4.89. The highest BCUT2D eigenvalue weighted by molar-refractivity contribution is 7.19. The molecule has 31 heavy (non-hydrogen) atoms. The predicted octanol–water partition coefficient (Wildman–Crippen LogP) is 3.97. The third kappa shape index (κ3) is 4.56. The smallest absolute Gasteiger partial charge is 0.291 e. The molecule has 0 radical (unpaired) electrons. The van der Waals surface area contributed by atoms with Crippen LogP contribution in [0, 0.1) is 0 Å². The first-order valence-electron chi connectivity index (χ1n) is 10.9. The summed E-state index contributed by atoms with van der Waals surface area (Å²) >= 11 is 1.73. The molecule has 6 nitrogen and oxygen atoms in total. The Hall–Kier alpha value is -2.93. The highest BCUT2D eigenvalue weighted by Gasteiger charge is 2.15. The Kier molecular flexibility index (Phi) is 6.51. The van der Waals surface area contributed by atoms with Crippen molar-refractivity contribution in [1.82, 2.24) is 19.5 Å². The van der Waals surface area contributed by atoms with Crippen LogP contribution in [0.3, 0.4) is 0 Å². The maximum Gasteiger partial charge on any atom is 0.291 e. The van der Waals surface area contributed by atoms with Gasteiger partial charge in [0.25, 0.3) is 5.56 Å². The van der Waals surface area contributed by atoms with Gasteiger partial charge in [-0.2, -0.15) is 5.10 Å². The summed E-state index contributed by atoms with van der Waals surface area (Å²) in [4.78, 5) is 26.5. The maximum absolute atomic E-state index is 13.0. The van der Waals surface area contributed by atoms with E-state index in [9.17, 15) is 9.59 Å². The van der Waals surface area contributed by atoms with Crippen molar-refractivity contribution in [1.29, 1.82) is 0 Å². The molecule has 3 heterocycles. The summed E-state index contributed by atoms with van der Waals surface area (Å²) in [6.07, 6.45) is 3.50. The molecule has 1 aromatic carbocycles. The van der Waals surface area contributed by atoms with E-state index in [1.165, 1.54) is 15.1 Å². The van der Waals surface area contributed by atoms with E-state index >= 15 is 0 Å². The number of hydrogen-bond acceptors (Lipinski definition) is 4. The van der Waals surface area contributed by atoms with Crippen LogP contribution in [0.4, 0.5) is 0 Å². The molecule has 0 saturated carbocycles. The van der Waals surface area contributed by atoms with Gasteiger partial charge < -0.3 is 5.32 Å². The van der Waals surface area contributed by atoms with Crippen LogP contribution in [0.5, 0.6) is 0 Å². The molecule has 7 heteroatoms. The van der Waals surface area contributed by atoms with Crippen LogP contribution in [0.15, 0.2) is 47.3 Å². The summed E-state index contributed by atoms with van der Waals surface area (Å²) in [5.74, 6) is 0.883. The normalized spacial score (nSPS) is 11.4. The van der Waals surface area contributed by atoms with Gasteiger partial charge in [-0.15, -0.1) is 11.3 Å². The molecule has 0 saturated heterocycles. The van der Waals surface area contributed by atoms with Crippen LogP contribution < -0.4 is 10.9 Å². The SMILES string of the molecule is CCc1cc2c(cc3c(=O)n(CCCC(=O)NCCc4ccccc4)nc(CC)n32)s1. The van der Waals surface area contributed by atoms with Crippen LogP contribution >= 0.6 is 11.3 Å². The number of aromatic nitrogens is 3. The number of nitrogens with one attached hydrogen (secondary N) is 1. The number of rotatable bonds is 9. The molecule has 1 amide bonds. The first kappa shape index (κ1) is 21.3. The molecule has 0 fully saturated rings. The number of benzene rings is 1. The number of aryl methyl sites for hydroxylation is 3. The Balaban J connectivity index is 1.41. The molecule has 0 spiro atoms. The highest BCUT2D eigenvalue weighted by Crippen LogP contribution is 2.29. The van der Waals surface area contributed by atoms with E-state index in [1.54, 1.807) is 11.3 Å². The van der Waals surface area contributed by atoms with E-state index in [0.29, 0.717) is 31.4 Å². The third-order valence-corrected chi connectivity index (χ3v) is 6.72. The zero-order valence-corrected chi connectivity index (χ0v) is 18.9. The predicted molar refractivity (Wildman–Crippen MR) is 126 cm³/mol. The summed E-state index contributed by atoms with van der Waals surface area (Å²) in [6, 6.07) is 14.2. The van der Waals surface area contributed by atoms with E-state index in [4.69, 9.17) is 0 Å². The van der Waals surface area contributed by atoms with Gasteiger partial charge in [0.2, 0.25) is 5.91 Å². The van der Waals surface area contributed by atoms with Crippen molar-refractivity contribution in [3.63, 3.8) is 0 Å². The van der Waals surface area contributed by atoms with Gasteiger partial charge in [0, 0.05) is 30.8 Å². The molecular formula is C24H28N4O2S. The Labute approximate surface area is 185 Å². The van der Waals surface area contributed by atoms with Crippen molar-refractivity contribution in [2.45, 2.75) is 52.5 Å². The standard InChI is InChI=1S/C24H28N4O2S/c1-3-18-15-19-21(31-18)16-20-24(30)27(26-22(4-2)28(19)20)14-8-11-23(29)25-13-12-17-9-6-5-7-10-17/h5-7,9-10,15-16H,3-4,8,11-14H2,1-2H3,(H,25,29). The number of hydrogen-bond donors (Lipinski definition) is 1. The molecule has 4 rings (SSSR count). The minimum atomic E-state index is -0.0943. The van der Waals surface area contributed by atoms with Crippen LogP contribution in [0.1, 0.15) is 43.0 Å². The summed E-state index contributed by atoms with van der Waals surface area (Å²) in [6.45, 7) is 5.25. The molecule has 0 unspecified atom stereocenters. The number of fused-ring (bicyclic) bond motifs is 3. The first-order chi connectivity index (χ1) is 15.1. The topological polar surface area (TPSA) is 68.4 Å². The number of thiophene rings is 1. The van der Waals surface area contributed by atoms with Crippen molar-refractivity contribution < 1.29 is 4.79 Å². The largest absolute Gasteiger partial charge is 0.356 e. The second kappa shape index (κ2) is 9.47. The number of carbonyl (C=O) groups excluding carboxylic acids is 1. The Morgan fingerprint density at radius 1 is 1.10 bits per heavy atom. The van der Waals surface area contributed by atoms with Gasteiger partial charge in [0.1, 0.15) is 11.3 Å². The monoisotopic (exact) mass is 436 g/mol. The van der Waals surface area contributed by atoms with Crippen molar-refractivity contribution in [2.24, 2.45) is 0 Å². The molecule has 0 aliphatic carbocycles. The Morgan fingerprint density at radius 3 is 2.65 bits per heavy atom. The van der Waals surface area contributed by atoms with Gasteiger partial charge in [-0.3, -0.25) is 14.0 Å². The molecule has 0 atom stereocenters. The molecule has 0 aliphatic heterocycles. The van der Waals surface area contributed by atoms with E-state index in [2.05, 4.69) is 42.5 Å². The minimum absolute atomic E-state index is 0.0102. The van der Waals surface area contributed by atoms with Crippen molar-refractivity contribution >= 4 is 33.0 Å². The zero-order chi connectivity index (χ0) is 21.8. The number of carbonyl (C=O) groups is 1. The summed E-state index contributed by atoms with van der Waals surface area (Å²) in [7, 11) is 0. The average molecular weight is 437 g/mol.